The van der Waals surface area contributed by atoms with Crippen molar-refractivity contribution in [2.24, 2.45) is 0 Å². The molecule has 1 atom stereocenters. The summed E-state index contributed by atoms with van der Waals surface area (Å²) in [4.78, 5) is 27.2. The van der Waals surface area contributed by atoms with Gasteiger partial charge in [0.25, 0.3) is 5.91 Å². The van der Waals surface area contributed by atoms with Gasteiger partial charge in [0.2, 0.25) is 5.91 Å². The Morgan fingerprint density at radius 2 is 1.83 bits per heavy atom. The topological polar surface area (TPSA) is 58.6 Å². The van der Waals surface area contributed by atoms with E-state index < -0.39 is 6.04 Å². The van der Waals surface area contributed by atoms with Crippen molar-refractivity contribution in [1.29, 1.82) is 0 Å². The first-order chi connectivity index (χ1) is 13.9. The summed E-state index contributed by atoms with van der Waals surface area (Å²) in [5, 5.41) is 2.92. The Morgan fingerprint density at radius 1 is 1.14 bits per heavy atom. The van der Waals surface area contributed by atoms with Crippen LogP contribution in [-0.4, -0.2) is 35.9 Å². The van der Waals surface area contributed by atoms with E-state index in [1.807, 2.05) is 43.3 Å². The molecule has 2 rings (SSSR count). The Labute approximate surface area is 181 Å². The first-order valence-corrected chi connectivity index (χ1v) is 10.7. The van der Waals surface area contributed by atoms with Crippen LogP contribution in [0.5, 0.6) is 5.75 Å². The summed E-state index contributed by atoms with van der Waals surface area (Å²) in [6.45, 7) is 6.68. The highest BCUT2D eigenvalue weighted by Crippen LogP contribution is 2.17. The molecule has 0 spiro atoms. The molecule has 0 aromatic heterocycles. The number of carbonyl (C=O) groups is 2. The average molecular weight is 461 g/mol. The van der Waals surface area contributed by atoms with Gasteiger partial charge in [-0.2, -0.15) is 0 Å². The highest BCUT2D eigenvalue weighted by atomic mass is 79.9. The molecule has 0 fully saturated rings. The molecule has 0 saturated carbocycles. The second-order valence-corrected chi connectivity index (χ2v) is 7.93. The molecule has 156 valence electrons. The number of nitrogens with zero attached hydrogens (tertiary/aromatic N) is 1. The van der Waals surface area contributed by atoms with Crippen LogP contribution in [0.25, 0.3) is 0 Å². The fourth-order valence-electron chi connectivity index (χ4n) is 2.85. The number of benzene rings is 2. The molecule has 0 aliphatic carbocycles. The third-order valence-corrected chi connectivity index (χ3v) is 5.30. The molecule has 2 aromatic rings. The van der Waals surface area contributed by atoms with Gasteiger partial charge in [-0.15, -0.1) is 0 Å². The second kappa shape index (κ2) is 11.6. The van der Waals surface area contributed by atoms with Crippen molar-refractivity contribution in [3.05, 3.63) is 64.1 Å². The Hall–Kier alpha value is -2.34. The van der Waals surface area contributed by atoms with Crippen molar-refractivity contribution in [3.8, 4) is 5.75 Å². The molecule has 0 aliphatic heterocycles. The summed E-state index contributed by atoms with van der Waals surface area (Å²) >= 11 is 3.38. The van der Waals surface area contributed by atoms with Crippen LogP contribution in [-0.2, 0) is 16.1 Å². The number of nitrogens with one attached hydrogen (secondary N) is 1. The lowest BCUT2D eigenvalue weighted by molar-refractivity contribution is -0.142. The molecule has 1 N–H and O–H groups in total. The minimum Gasteiger partial charge on any atom is -0.484 e. The molecule has 0 saturated heterocycles. The SMILES string of the molecule is CCCCNC(=O)[C@H](C)N(Cc1ccccc1C)C(=O)COc1ccc(Br)cc1. The van der Waals surface area contributed by atoms with Crippen LogP contribution >= 0.6 is 15.9 Å². The van der Waals surface area contributed by atoms with E-state index in [2.05, 4.69) is 28.2 Å². The van der Waals surface area contributed by atoms with Gasteiger partial charge >= 0.3 is 0 Å². The summed E-state index contributed by atoms with van der Waals surface area (Å²) in [5.74, 6) is 0.232. The van der Waals surface area contributed by atoms with Gasteiger partial charge in [-0.25, -0.2) is 0 Å². The molecule has 0 unspecified atom stereocenters. The fraction of sp³-hybridized carbons (Fsp3) is 0.391. The predicted octanol–water partition coefficient (Wildman–Crippen LogP) is 4.47. The summed E-state index contributed by atoms with van der Waals surface area (Å²) in [6.07, 6.45) is 1.92. The van der Waals surface area contributed by atoms with Gasteiger partial charge in [-0.05, 0) is 55.7 Å². The smallest absolute Gasteiger partial charge is 0.261 e. The van der Waals surface area contributed by atoms with E-state index in [4.69, 9.17) is 4.74 Å². The number of carbonyl (C=O) groups excluding carboxylic acids is 2. The molecule has 2 aromatic carbocycles. The predicted molar refractivity (Wildman–Crippen MR) is 119 cm³/mol. The van der Waals surface area contributed by atoms with Crippen molar-refractivity contribution >= 4 is 27.7 Å². The van der Waals surface area contributed by atoms with Crippen LogP contribution in [0.3, 0.4) is 0 Å². The summed E-state index contributed by atoms with van der Waals surface area (Å²) in [7, 11) is 0. The van der Waals surface area contributed by atoms with Gasteiger partial charge in [0, 0.05) is 17.6 Å². The zero-order valence-electron chi connectivity index (χ0n) is 17.3. The molecule has 5 nitrogen and oxygen atoms in total. The number of hydrogen-bond donors (Lipinski definition) is 1. The van der Waals surface area contributed by atoms with Gasteiger partial charge in [0.15, 0.2) is 6.61 Å². The number of rotatable bonds is 10. The van der Waals surface area contributed by atoms with Gasteiger partial charge in [-0.3, -0.25) is 9.59 Å². The molecular formula is C23H29BrN2O3. The maximum absolute atomic E-state index is 13.0. The van der Waals surface area contributed by atoms with E-state index in [0.29, 0.717) is 18.8 Å². The molecule has 0 bridgehead atoms. The maximum atomic E-state index is 13.0. The molecular weight excluding hydrogens is 432 g/mol. The fourth-order valence-corrected chi connectivity index (χ4v) is 3.11. The van der Waals surface area contributed by atoms with Crippen LogP contribution in [0.1, 0.15) is 37.8 Å². The monoisotopic (exact) mass is 460 g/mol. The molecule has 2 amide bonds. The summed E-state index contributed by atoms with van der Waals surface area (Å²) in [6, 6.07) is 14.6. The van der Waals surface area contributed by atoms with Gasteiger partial charge < -0.3 is 15.0 Å². The van der Waals surface area contributed by atoms with E-state index >= 15 is 0 Å². The Bertz CT molecular complexity index is 808. The quantitative estimate of drug-likeness (QED) is 0.532. The van der Waals surface area contributed by atoms with E-state index in [9.17, 15) is 9.59 Å². The van der Waals surface area contributed by atoms with Crippen molar-refractivity contribution in [1.82, 2.24) is 10.2 Å². The van der Waals surface area contributed by atoms with Crippen molar-refractivity contribution in [2.75, 3.05) is 13.2 Å². The van der Waals surface area contributed by atoms with Crippen molar-refractivity contribution in [3.63, 3.8) is 0 Å². The van der Waals surface area contributed by atoms with Gasteiger partial charge in [0.1, 0.15) is 11.8 Å². The highest BCUT2D eigenvalue weighted by molar-refractivity contribution is 9.10. The summed E-state index contributed by atoms with van der Waals surface area (Å²) < 4.78 is 6.60. The number of unbranched alkanes of at least 4 members (excludes halogenated alkanes) is 1. The normalized spacial score (nSPS) is 11.6. The summed E-state index contributed by atoms with van der Waals surface area (Å²) in [5.41, 5.74) is 2.09. The minimum absolute atomic E-state index is 0.125. The second-order valence-electron chi connectivity index (χ2n) is 7.01. The first-order valence-electron chi connectivity index (χ1n) is 9.92. The van der Waals surface area contributed by atoms with Crippen molar-refractivity contribution < 1.29 is 14.3 Å². The number of halogens is 1. The van der Waals surface area contributed by atoms with E-state index in [0.717, 1.165) is 28.4 Å². The first kappa shape index (κ1) is 22.9. The van der Waals surface area contributed by atoms with Crippen molar-refractivity contribution in [2.45, 2.75) is 46.2 Å². The van der Waals surface area contributed by atoms with E-state index in [1.165, 1.54) is 0 Å². The van der Waals surface area contributed by atoms with Crippen LogP contribution in [0.2, 0.25) is 0 Å². The number of aryl methyl sites for hydroxylation is 1. The van der Waals surface area contributed by atoms with E-state index in [1.54, 1.807) is 24.0 Å². The number of hydrogen-bond acceptors (Lipinski definition) is 3. The van der Waals surface area contributed by atoms with Gasteiger partial charge in [-0.1, -0.05) is 53.5 Å². The number of amides is 2. The van der Waals surface area contributed by atoms with Crippen LogP contribution in [0.4, 0.5) is 0 Å². The molecule has 0 aliphatic rings. The van der Waals surface area contributed by atoms with Gasteiger partial charge in [0.05, 0.1) is 0 Å². The zero-order chi connectivity index (χ0) is 21.2. The number of ether oxygens (including phenoxy) is 1. The highest BCUT2D eigenvalue weighted by Gasteiger charge is 2.26. The third kappa shape index (κ3) is 7.20. The standard InChI is InChI=1S/C23H29BrN2O3/c1-4-5-14-25-23(28)18(3)26(15-19-9-7-6-8-17(19)2)22(27)16-29-21-12-10-20(24)11-13-21/h6-13,18H,4-5,14-16H2,1-3H3,(H,25,28)/t18-/m0/s1. The largest absolute Gasteiger partial charge is 0.484 e. The third-order valence-electron chi connectivity index (χ3n) is 4.77. The van der Waals surface area contributed by atoms with Crippen LogP contribution in [0.15, 0.2) is 53.0 Å². The average Bonchev–Trinajstić information content (AvgIpc) is 2.72. The molecule has 6 heteroatoms. The van der Waals surface area contributed by atoms with Crippen LogP contribution in [0, 0.1) is 6.92 Å². The minimum atomic E-state index is -0.590. The molecule has 0 heterocycles. The molecule has 0 radical (unpaired) electrons. The maximum Gasteiger partial charge on any atom is 0.261 e. The Balaban J connectivity index is 2.11. The lowest BCUT2D eigenvalue weighted by Gasteiger charge is -2.29. The Morgan fingerprint density at radius 3 is 2.48 bits per heavy atom. The van der Waals surface area contributed by atoms with Crippen LogP contribution < -0.4 is 10.1 Å². The lowest BCUT2D eigenvalue weighted by atomic mass is 10.1. The molecule has 29 heavy (non-hydrogen) atoms. The lowest BCUT2D eigenvalue weighted by Crippen LogP contribution is -2.49. The van der Waals surface area contributed by atoms with E-state index in [-0.39, 0.29) is 18.4 Å². The Kier molecular flexibility index (Phi) is 9.19. The zero-order valence-corrected chi connectivity index (χ0v) is 18.9.